The first-order valence-corrected chi connectivity index (χ1v) is 7.91. The van der Waals surface area contributed by atoms with Crippen molar-refractivity contribution in [2.45, 2.75) is 27.7 Å². The van der Waals surface area contributed by atoms with Crippen LogP contribution in [0.25, 0.3) is 0 Å². The zero-order valence-electron chi connectivity index (χ0n) is 13.2. The minimum Gasteiger partial charge on any atom is -0.343 e. The number of hydrogen-bond acceptors (Lipinski definition) is 3. The van der Waals surface area contributed by atoms with Gasteiger partial charge in [0.1, 0.15) is 0 Å². The van der Waals surface area contributed by atoms with E-state index in [0.29, 0.717) is 5.56 Å². The van der Waals surface area contributed by atoms with Crippen molar-refractivity contribution in [2.75, 3.05) is 11.9 Å². The molecule has 0 radical (unpaired) electrons. The molecule has 0 bridgehead atoms. The van der Waals surface area contributed by atoms with Crippen LogP contribution in [0, 0.1) is 27.7 Å². The Hall–Kier alpha value is -2.14. The van der Waals surface area contributed by atoms with Crippen molar-refractivity contribution in [1.82, 2.24) is 5.32 Å². The highest BCUT2D eigenvalue weighted by atomic mass is 32.1. The molecule has 0 atom stereocenters. The first-order valence-electron chi connectivity index (χ1n) is 7.09. The molecule has 2 rings (SSSR count). The number of hydrogen-bond donors (Lipinski definition) is 2. The summed E-state index contributed by atoms with van der Waals surface area (Å²) in [5.41, 5.74) is 3.57. The van der Waals surface area contributed by atoms with Crippen molar-refractivity contribution in [2.24, 2.45) is 0 Å². The highest BCUT2D eigenvalue weighted by molar-refractivity contribution is 7.12. The molecule has 1 heterocycles. The monoisotopic (exact) mass is 316 g/mol. The summed E-state index contributed by atoms with van der Waals surface area (Å²) < 4.78 is 0. The zero-order chi connectivity index (χ0) is 16.3. The van der Waals surface area contributed by atoms with Gasteiger partial charge in [0.25, 0.3) is 5.91 Å². The van der Waals surface area contributed by atoms with E-state index in [1.54, 1.807) is 11.3 Å². The van der Waals surface area contributed by atoms with E-state index in [1.165, 1.54) is 0 Å². The smallest absolute Gasteiger partial charge is 0.252 e. The summed E-state index contributed by atoms with van der Waals surface area (Å²) in [5.74, 6) is -0.440. The lowest BCUT2D eigenvalue weighted by Crippen LogP contribution is -2.33. The third-order valence-corrected chi connectivity index (χ3v) is 4.54. The van der Waals surface area contributed by atoms with Crippen LogP contribution in [0.4, 0.5) is 5.69 Å². The summed E-state index contributed by atoms with van der Waals surface area (Å²) in [5, 5.41) is 5.49. The van der Waals surface area contributed by atoms with Gasteiger partial charge in [-0.3, -0.25) is 9.59 Å². The van der Waals surface area contributed by atoms with Gasteiger partial charge < -0.3 is 10.6 Å². The number of nitrogens with one attached hydrogen (secondary N) is 2. The molecule has 22 heavy (non-hydrogen) atoms. The summed E-state index contributed by atoms with van der Waals surface area (Å²) in [6.45, 7) is 7.78. The summed E-state index contributed by atoms with van der Waals surface area (Å²) >= 11 is 1.58. The highest BCUT2D eigenvalue weighted by Gasteiger charge is 2.13. The molecule has 1 aromatic heterocycles. The lowest BCUT2D eigenvalue weighted by molar-refractivity contribution is -0.115. The molecule has 5 heteroatoms. The molecule has 4 nitrogen and oxygen atoms in total. The fraction of sp³-hybridized carbons (Fsp3) is 0.294. The largest absolute Gasteiger partial charge is 0.343 e. The van der Waals surface area contributed by atoms with Crippen molar-refractivity contribution in [3.63, 3.8) is 0 Å². The van der Waals surface area contributed by atoms with Gasteiger partial charge in [-0.1, -0.05) is 12.1 Å². The molecule has 2 amide bonds. The normalized spacial score (nSPS) is 10.4. The van der Waals surface area contributed by atoms with Crippen molar-refractivity contribution in [3.8, 4) is 0 Å². The standard InChI is InChI=1S/C17H20N2O2S/c1-10-6-5-7-15(12(10)3)19-16(20)9-18-17(21)14-8-11(2)22-13(14)4/h5-8H,9H2,1-4H3,(H,18,21)(H,19,20). The summed E-state index contributed by atoms with van der Waals surface area (Å²) in [4.78, 5) is 26.1. The first kappa shape index (κ1) is 16.2. The first-order chi connectivity index (χ1) is 10.4. The van der Waals surface area contributed by atoms with Gasteiger partial charge in [0.15, 0.2) is 0 Å². The molecule has 2 N–H and O–H groups in total. The van der Waals surface area contributed by atoms with Crippen LogP contribution in [0.3, 0.4) is 0 Å². The van der Waals surface area contributed by atoms with Crippen molar-refractivity contribution in [1.29, 1.82) is 0 Å². The van der Waals surface area contributed by atoms with Crippen molar-refractivity contribution in [3.05, 3.63) is 50.7 Å². The third kappa shape index (κ3) is 3.74. The van der Waals surface area contributed by atoms with Gasteiger partial charge in [0, 0.05) is 15.4 Å². The number of anilines is 1. The summed E-state index contributed by atoms with van der Waals surface area (Å²) in [7, 11) is 0. The molecule has 0 unspecified atom stereocenters. The Balaban J connectivity index is 1.94. The molecular weight excluding hydrogens is 296 g/mol. The van der Waals surface area contributed by atoms with Gasteiger partial charge in [0.2, 0.25) is 5.91 Å². The topological polar surface area (TPSA) is 58.2 Å². The zero-order valence-corrected chi connectivity index (χ0v) is 14.1. The Morgan fingerprint density at radius 2 is 1.86 bits per heavy atom. The molecule has 0 spiro atoms. The van der Waals surface area contributed by atoms with Gasteiger partial charge in [0.05, 0.1) is 12.1 Å². The molecule has 116 valence electrons. The van der Waals surface area contributed by atoms with E-state index in [-0.39, 0.29) is 18.4 Å². The Bertz CT molecular complexity index is 719. The predicted molar refractivity (Wildman–Crippen MR) is 90.7 cm³/mol. The second-order valence-electron chi connectivity index (χ2n) is 5.31. The number of benzene rings is 1. The molecule has 0 aliphatic carbocycles. The molecule has 0 aliphatic heterocycles. The Kier molecular flexibility index (Phi) is 4.98. The van der Waals surface area contributed by atoms with E-state index in [9.17, 15) is 9.59 Å². The lowest BCUT2D eigenvalue weighted by Gasteiger charge is -2.11. The minimum atomic E-state index is -0.230. The number of carbonyl (C=O) groups excluding carboxylic acids is 2. The summed E-state index contributed by atoms with van der Waals surface area (Å²) in [6, 6.07) is 7.59. The Labute approximate surface area is 134 Å². The fourth-order valence-electron chi connectivity index (χ4n) is 2.19. The van der Waals surface area contributed by atoms with Gasteiger partial charge >= 0.3 is 0 Å². The average molecular weight is 316 g/mol. The third-order valence-electron chi connectivity index (χ3n) is 3.57. The van der Waals surface area contributed by atoms with Crippen LogP contribution in [0.2, 0.25) is 0 Å². The number of rotatable bonds is 4. The van der Waals surface area contributed by atoms with Crippen LogP contribution in [0.15, 0.2) is 24.3 Å². The van der Waals surface area contributed by atoms with Crippen LogP contribution >= 0.6 is 11.3 Å². The van der Waals surface area contributed by atoms with Crippen LogP contribution < -0.4 is 10.6 Å². The SMILES string of the molecule is Cc1cc(C(=O)NCC(=O)Nc2cccc(C)c2C)c(C)s1. The fourth-order valence-corrected chi connectivity index (χ4v) is 3.11. The van der Waals surface area contributed by atoms with Gasteiger partial charge in [-0.05, 0) is 51.0 Å². The van der Waals surface area contributed by atoms with Crippen molar-refractivity contribution >= 4 is 28.8 Å². The molecule has 0 saturated heterocycles. The molecule has 0 fully saturated rings. The summed E-state index contributed by atoms with van der Waals surface area (Å²) in [6.07, 6.45) is 0. The quantitative estimate of drug-likeness (QED) is 0.909. The maximum absolute atomic E-state index is 12.1. The molecular formula is C17H20N2O2S. The van der Waals surface area contributed by atoms with E-state index in [4.69, 9.17) is 0 Å². The molecule has 0 aliphatic rings. The minimum absolute atomic E-state index is 0.0411. The van der Waals surface area contributed by atoms with E-state index in [2.05, 4.69) is 10.6 Å². The van der Waals surface area contributed by atoms with E-state index < -0.39 is 0 Å². The Morgan fingerprint density at radius 3 is 2.50 bits per heavy atom. The van der Waals surface area contributed by atoms with Crippen molar-refractivity contribution < 1.29 is 9.59 Å². The van der Waals surface area contributed by atoms with Crippen LogP contribution in [-0.4, -0.2) is 18.4 Å². The highest BCUT2D eigenvalue weighted by Crippen LogP contribution is 2.20. The second-order valence-corrected chi connectivity index (χ2v) is 6.77. The maximum atomic E-state index is 12.1. The number of thiophene rings is 1. The number of aryl methyl sites for hydroxylation is 3. The van der Waals surface area contributed by atoms with E-state index in [0.717, 1.165) is 26.6 Å². The average Bonchev–Trinajstić information content (AvgIpc) is 2.80. The second kappa shape index (κ2) is 6.75. The maximum Gasteiger partial charge on any atom is 0.252 e. The molecule has 0 saturated carbocycles. The van der Waals surface area contributed by atoms with Gasteiger partial charge in [-0.2, -0.15) is 0 Å². The van der Waals surface area contributed by atoms with Crippen LogP contribution in [-0.2, 0) is 4.79 Å². The molecule has 2 aromatic rings. The number of carbonyl (C=O) groups is 2. The van der Waals surface area contributed by atoms with Crippen LogP contribution in [0.1, 0.15) is 31.2 Å². The number of amides is 2. The molecule has 1 aromatic carbocycles. The predicted octanol–water partition coefficient (Wildman–Crippen LogP) is 3.35. The Morgan fingerprint density at radius 1 is 1.14 bits per heavy atom. The van der Waals surface area contributed by atoms with Gasteiger partial charge in [-0.15, -0.1) is 11.3 Å². The van der Waals surface area contributed by atoms with E-state index >= 15 is 0 Å². The van der Waals surface area contributed by atoms with Crippen LogP contribution in [0.5, 0.6) is 0 Å². The van der Waals surface area contributed by atoms with Gasteiger partial charge in [-0.25, -0.2) is 0 Å². The van der Waals surface area contributed by atoms with E-state index in [1.807, 2.05) is 52.0 Å². The lowest BCUT2D eigenvalue weighted by atomic mass is 10.1.